The first kappa shape index (κ1) is 34.4. The van der Waals surface area contributed by atoms with Crippen LogP contribution in [0.2, 0.25) is 5.02 Å². The smallest absolute Gasteiger partial charge is 0.411 e. The first-order chi connectivity index (χ1) is 22.7. The van der Waals surface area contributed by atoms with Crippen LogP contribution in [0.1, 0.15) is 41.7 Å². The van der Waals surface area contributed by atoms with E-state index in [1.54, 1.807) is 42.7 Å². The number of nitrogens with zero attached hydrogens (tertiary/aromatic N) is 5. The average molecular weight is 685 g/mol. The number of aromatic nitrogens is 2. The Kier molecular flexibility index (Phi) is 9.76. The van der Waals surface area contributed by atoms with Crippen molar-refractivity contribution in [3.8, 4) is 17.0 Å². The minimum atomic E-state index is -1.16. The van der Waals surface area contributed by atoms with E-state index in [0.717, 1.165) is 0 Å². The molecule has 1 fully saturated rings. The van der Waals surface area contributed by atoms with E-state index in [-0.39, 0.29) is 83.6 Å². The Morgan fingerprint density at radius 2 is 1.69 bits per heavy atom. The second-order valence-corrected chi connectivity index (χ2v) is 12.6. The van der Waals surface area contributed by atoms with Gasteiger partial charge in [0.2, 0.25) is 11.7 Å². The molecule has 1 N–H and O–H groups in total. The van der Waals surface area contributed by atoms with E-state index in [1.165, 1.54) is 60.2 Å². The van der Waals surface area contributed by atoms with Crippen LogP contribution in [-0.4, -0.2) is 99.5 Å². The third-order valence-corrected chi connectivity index (χ3v) is 8.22. The summed E-state index contributed by atoms with van der Waals surface area (Å²) >= 11 is 6.47. The molecule has 254 valence electrons. The van der Waals surface area contributed by atoms with Gasteiger partial charge < -0.3 is 29.2 Å². The summed E-state index contributed by atoms with van der Waals surface area (Å²) in [7, 11) is 2.71. The van der Waals surface area contributed by atoms with Crippen molar-refractivity contribution in [1.29, 1.82) is 0 Å². The van der Waals surface area contributed by atoms with Gasteiger partial charge in [-0.3, -0.25) is 19.3 Å². The van der Waals surface area contributed by atoms with Gasteiger partial charge in [-0.15, -0.1) is 0 Å². The molecule has 2 aromatic carbocycles. The maximum absolute atomic E-state index is 14.7. The third kappa shape index (κ3) is 6.98. The molecular formula is C33H35ClF2N6O6. The number of carbonyl (C=O) groups excluding carboxylic acids is 4. The van der Waals surface area contributed by atoms with Gasteiger partial charge in [-0.05, 0) is 51.1 Å². The van der Waals surface area contributed by atoms with Gasteiger partial charge in [0.15, 0.2) is 17.4 Å². The highest BCUT2D eigenvalue weighted by Crippen LogP contribution is 2.30. The molecule has 5 rings (SSSR count). The molecule has 1 aromatic heterocycles. The molecule has 48 heavy (non-hydrogen) atoms. The summed E-state index contributed by atoms with van der Waals surface area (Å²) in [5, 5.41) is 2.75. The zero-order chi connectivity index (χ0) is 34.9. The maximum atomic E-state index is 14.7. The summed E-state index contributed by atoms with van der Waals surface area (Å²) < 4.78 is 40.5. The van der Waals surface area contributed by atoms with Crippen LogP contribution < -0.4 is 10.1 Å². The fourth-order valence-electron chi connectivity index (χ4n) is 5.44. The lowest BCUT2D eigenvalue weighted by Crippen LogP contribution is -2.55. The topological polar surface area (TPSA) is 126 Å². The number of halogens is 3. The van der Waals surface area contributed by atoms with Crippen molar-refractivity contribution < 1.29 is 37.4 Å². The standard InChI is InChI=1S/C33H35ClF2N6O6/c1-33(2,3)48-32(46)42-12-6-7-23(42)31(45)41-15-13-40(14-16-41)30(44)20-9-8-19(17-22(20)34)38-29(43)28-37-18-24(39(28)4)21-10-11-25(47-5)27(36)26(21)35/h6-11,17-18,23H,12-16H2,1-5H3,(H,38,43)/t23-/m0/s1. The SMILES string of the molecule is COc1ccc(-c2cnc(C(=O)Nc3ccc(C(=O)N4CCN(C(=O)[C@@H]5C=CCN5C(=O)OC(C)(C)C)CC4)c(Cl)c3)n2C)c(F)c1F. The van der Waals surface area contributed by atoms with Gasteiger partial charge in [0.05, 0.1) is 29.6 Å². The molecule has 2 aliphatic heterocycles. The fraction of sp³-hybridized carbons (Fsp3) is 0.364. The average Bonchev–Trinajstić information content (AvgIpc) is 3.68. The Bertz CT molecular complexity index is 1800. The number of ether oxygens (including phenoxy) is 2. The Hall–Kier alpha value is -4.98. The number of amides is 4. The van der Waals surface area contributed by atoms with Crippen molar-refractivity contribution >= 4 is 41.1 Å². The van der Waals surface area contributed by atoms with Crippen LogP contribution in [0, 0.1) is 11.6 Å². The van der Waals surface area contributed by atoms with E-state index in [1.807, 2.05) is 0 Å². The molecule has 0 unspecified atom stereocenters. The molecule has 4 amide bonds. The molecule has 0 spiro atoms. The van der Waals surface area contributed by atoms with Gasteiger partial charge in [0.1, 0.15) is 11.6 Å². The zero-order valence-electron chi connectivity index (χ0n) is 27.1. The van der Waals surface area contributed by atoms with E-state index in [9.17, 15) is 28.0 Å². The van der Waals surface area contributed by atoms with Crippen molar-refractivity contribution in [3.05, 3.63) is 76.7 Å². The van der Waals surface area contributed by atoms with Gasteiger partial charge in [-0.25, -0.2) is 14.2 Å². The lowest BCUT2D eigenvalue weighted by Gasteiger charge is -2.37. The van der Waals surface area contributed by atoms with Gasteiger partial charge in [0.25, 0.3) is 11.8 Å². The van der Waals surface area contributed by atoms with E-state index >= 15 is 0 Å². The molecule has 12 nitrogen and oxygen atoms in total. The van der Waals surface area contributed by atoms with Crippen molar-refractivity contribution in [2.45, 2.75) is 32.4 Å². The Morgan fingerprint density at radius 3 is 2.33 bits per heavy atom. The molecule has 0 bridgehead atoms. The highest BCUT2D eigenvalue weighted by atomic mass is 35.5. The van der Waals surface area contributed by atoms with Crippen molar-refractivity contribution in [3.63, 3.8) is 0 Å². The summed E-state index contributed by atoms with van der Waals surface area (Å²) in [6.45, 7) is 6.58. The number of carbonyl (C=O) groups is 4. The van der Waals surface area contributed by atoms with E-state index < -0.39 is 35.3 Å². The Labute approximate surface area is 280 Å². The highest BCUT2D eigenvalue weighted by molar-refractivity contribution is 6.34. The first-order valence-corrected chi connectivity index (χ1v) is 15.5. The summed E-state index contributed by atoms with van der Waals surface area (Å²) in [4.78, 5) is 60.9. The Balaban J connectivity index is 1.19. The lowest BCUT2D eigenvalue weighted by atomic mass is 10.1. The fourth-order valence-corrected chi connectivity index (χ4v) is 5.71. The number of anilines is 1. The van der Waals surface area contributed by atoms with Crippen LogP contribution >= 0.6 is 11.6 Å². The maximum Gasteiger partial charge on any atom is 0.411 e. The first-order valence-electron chi connectivity index (χ1n) is 15.1. The molecule has 3 aromatic rings. The van der Waals surface area contributed by atoms with Crippen LogP contribution in [0.4, 0.5) is 19.3 Å². The normalized spacial score (nSPS) is 16.2. The van der Waals surface area contributed by atoms with Gasteiger partial charge in [-0.1, -0.05) is 23.8 Å². The van der Waals surface area contributed by atoms with Crippen molar-refractivity contribution in [2.75, 3.05) is 45.2 Å². The molecule has 1 saturated heterocycles. The molecule has 0 saturated carbocycles. The molecule has 0 radical (unpaired) electrons. The second kappa shape index (κ2) is 13.6. The van der Waals surface area contributed by atoms with E-state index in [2.05, 4.69) is 10.3 Å². The van der Waals surface area contributed by atoms with Gasteiger partial charge in [0, 0.05) is 51.0 Å². The molecule has 3 heterocycles. The number of rotatable bonds is 6. The summed E-state index contributed by atoms with van der Waals surface area (Å²) in [5.74, 6) is -3.86. The molecule has 1 atom stereocenters. The summed E-state index contributed by atoms with van der Waals surface area (Å²) in [6, 6.07) is 6.25. The predicted octanol–water partition coefficient (Wildman–Crippen LogP) is 4.74. The molecule has 0 aliphatic carbocycles. The third-order valence-electron chi connectivity index (χ3n) is 7.91. The van der Waals surface area contributed by atoms with Crippen LogP contribution in [0.5, 0.6) is 5.75 Å². The molecule has 15 heteroatoms. The summed E-state index contributed by atoms with van der Waals surface area (Å²) in [6.07, 6.45) is 4.11. The summed E-state index contributed by atoms with van der Waals surface area (Å²) in [5.41, 5.74) is -0.143. The molecular weight excluding hydrogens is 650 g/mol. The lowest BCUT2D eigenvalue weighted by molar-refractivity contribution is -0.136. The number of methoxy groups -OCH3 is 1. The number of piperazine rings is 1. The molecule has 2 aliphatic rings. The number of hydrogen-bond acceptors (Lipinski definition) is 7. The number of imidazole rings is 1. The van der Waals surface area contributed by atoms with Gasteiger partial charge >= 0.3 is 6.09 Å². The van der Waals surface area contributed by atoms with Crippen molar-refractivity contribution in [1.82, 2.24) is 24.3 Å². The number of nitrogens with one attached hydrogen (secondary N) is 1. The highest BCUT2D eigenvalue weighted by Gasteiger charge is 2.37. The minimum Gasteiger partial charge on any atom is -0.494 e. The minimum absolute atomic E-state index is 0.0772. The van der Waals surface area contributed by atoms with E-state index in [4.69, 9.17) is 21.1 Å². The van der Waals surface area contributed by atoms with E-state index in [0.29, 0.717) is 0 Å². The van der Waals surface area contributed by atoms with Crippen LogP contribution in [0.3, 0.4) is 0 Å². The van der Waals surface area contributed by atoms with Gasteiger partial charge in [-0.2, -0.15) is 4.39 Å². The van der Waals surface area contributed by atoms with Crippen LogP contribution in [-0.2, 0) is 16.6 Å². The second-order valence-electron chi connectivity index (χ2n) is 12.2. The monoisotopic (exact) mass is 684 g/mol. The largest absolute Gasteiger partial charge is 0.494 e. The number of benzene rings is 2. The Morgan fingerprint density at radius 1 is 1.00 bits per heavy atom. The number of hydrogen-bond donors (Lipinski definition) is 1. The van der Waals surface area contributed by atoms with Crippen LogP contribution in [0.25, 0.3) is 11.3 Å². The van der Waals surface area contributed by atoms with Crippen molar-refractivity contribution in [2.24, 2.45) is 7.05 Å². The quantitative estimate of drug-likeness (QED) is 0.372. The predicted molar refractivity (Wildman–Crippen MR) is 173 cm³/mol. The van der Waals surface area contributed by atoms with Crippen LogP contribution in [0.15, 0.2) is 48.7 Å². The zero-order valence-corrected chi connectivity index (χ0v) is 27.8.